The standard InChI is InChI=1S/C10H12BrF6N3/c1-8(2,3)20-5(4-11)18-19-7(20)6(9(12,13)14)10(15,16)17/h6H,4H2,1-3H3. The Morgan fingerprint density at radius 2 is 1.45 bits per heavy atom. The molecule has 116 valence electrons. The molecule has 0 N–H and O–H groups in total. The summed E-state index contributed by atoms with van der Waals surface area (Å²) in [4.78, 5) is 0. The number of rotatable bonds is 2. The first-order valence-corrected chi connectivity index (χ1v) is 6.56. The summed E-state index contributed by atoms with van der Waals surface area (Å²) in [5, 5.41) is 6.54. The lowest BCUT2D eigenvalue weighted by Crippen LogP contribution is -2.39. The highest BCUT2D eigenvalue weighted by atomic mass is 79.9. The Kier molecular flexibility index (Phi) is 4.48. The highest BCUT2D eigenvalue weighted by molar-refractivity contribution is 9.08. The molecule has 0 aromatic carbocycles. The number of hydrogen-bond donors (Lipinski definition) is 0. The second kappa shape index (κ2) is 5.19. The van der Waals surface area contributed by atoms with Crippen LogP contribution in [-0.2, 0) is 10.9 Å². The second-order valence-corrected chi connectivity index (χ2v) is 5.69. The monoisotopic (exact) mass is 367 g/mol. The van der Waals surface area contributed by atoms with Gasteiger partial charge in [0, 0.05) is 5.54 Å². The largest absolute Gasteiger partial charge is 0.407 e. The topological polar surface area (TPSA) is 30.7 Å². The molecule has 0 amide bonds. The average Bonchev–Trinajstić information content (AvgIpc) is 2.55. The lowest BCUT2D eigenvalue weighted by molar-refractivity contribution is -0.256. The Balaban J connectivity index is 3.55. The summed E-state index contributed by atoms with van der Waals surface area (Å²) in [5.74, 6) is -4.80. The molecule has 0 aliphatic heterocycles. The third-order valence-electron chi connectivity index (χ3n) is 2.46. The van der Waals surface area contributed by atoms with Crippen LogP contribution in [0.3, 0.4) is 0 Å². The van der Waals surface area contributed by atoms with Crippen LogP contribution in [0.15, 0.2) is 0 Å². The minimum absolute atomic E-state index is 0.000293. The van der Waals surface area contributed by atoms with Gasteiger partial charge >= 0.3 is 12.4 Å². The minimum atomic E-state index is -5.49. The van der Waals surface area contributed by atoms with Gasteiger partial charge in [-0.2, -0.15) is 26.3 Å². The molecule has 1 heterocycles. The van der Waals surface area contributed by atoms with E-state index < -0.39 is 29.6 Å². The second-order valence-electron chi connectivity index (χ2n) is 5.13. The van der Waals surface area contributed by atoms with Gasteiger partial charge in [-0.15, -0.1) is 10.2 Å². The fourth-order valence-electron chi connectivity index (χ4n) is 1.81. The molecule has 0 radical (unpaired) electrons. The van der Waals surface area contributed by atoms with Crippen LogP contribution in [0, 0.1) is 0 Å². The molecule has 0 bridgehead atoms. The molecular weight excluding hydrogens is 356 g/mol. The van der Waals surface area contributed by atoms with Crippen LogP contribution in [0.25, 0.3) is 0 Å². The zero-order valence-electron chi connectivity index (χ0n) is 10.8. The van der Waals surface area contributed by atoms with E-state index in [4.69, 9.17) is 0 Å². The van der Waals surface area contributed by atoms with Crippen LogP contribution in [-0.4, -0.2) is 27.1 Å². The smallest absolute Gasteiger partial charge is 0.308 e. The van der Waals surface area contributed by atoms with Gasteiger partial charge in [0.05, 0.1) is 5.33 Å². The molecule has 1 aromatic heterocycles. The van der Waals surface area contributed by atoms with E-state index in [0.29, 0.717) is 0 Å². The minimum Gasteiger partial charge on any atom is -0.308 e. The van der Waals surface area contributed by atoms with E-state index in [1.807, 2.05) is 0 Å². The fourth-order valence-corrected chi connectivity index (χ4v) is 2.18. The van der Waals surface area contributed by atoms with Crippen LogP contribution in [0.1, 0.15) is 38.3 Å². The van der Waals surface area contributed by atoms with E-state index in [1.54, 1.807) is 0 Å². The third kappa shape index (κ3) is 3.44. The van der Waals surface area contributed by atoms with Crippen molar-refractivity contribution >= 4 is 15.9 Å². The Hall–Kier alpha value is -0.800. The summed E-state index contributed by atoms with van der Waals surface area (Å²) < 4.78 is 77.5. The van der Waals surface area contributed by atoms with Gasteiger partial charge in [0.1, 0.15) is 5.82 Å². The molecule has 0 saturated heterocycles. The first-order chi connectivity index (χ1) is 8.80. The zero-order chi connectivity index (χ0) is 15.9. The van der Waals surface area contributed by atoms with E-state index in [9.17, 15) is 26.3 Å². The Labute approximate surface area is 119 Å². The first kappa shape index (κ1) is 17.3. The molecule has 0 aliphatic rings. The summed E-state index contributed by atoms with van der Waals surface area (Å²) in [6, 6.07) is 0. The van der Waals surface area contributed by atoms with Gasteiger partial charge in [-0.3, -0.25) is 0 Å². The highest BCUT2D eigenvalue weighted by Crippen LogP contribution is 2.46. The maximum atomic E-state index is 12.8. The van der Waals surface area contributed by atoms with Crippen molar-refractivity contribution < 1.29 is 26.3 Å². The van der Waals surface area contributed by atoms with Gasteiger partial charge in [0.2, 0.25) is 5.92 Å². The van der Waals surface area contributed by atoms with Crippen LogP contribution in [0.2, 0.25) is 0 Å². The van der Waals surface area contributed by atoms with Crippen molar-refractivity contribution in [1.29, 1.82) is 0 Å². The van der Waals surface area contributed by atoms with E-state index in [-0.39, 0.29) is 11.2 Å². The maximum Gasteiger partial charge on any atom is 0.407 e. The number of halogens is 7. The molecule has 0 aliphatic carbocycles. The summed E-state index contributed by atoms with van der Waals surface area (Å²) in [7, 11) is 0. The lowest BCUT2D eigenvalue weighted by Gasteiger charge is -2.29. The molecular formula is C10H12BrF6N3. The molecule has 1 rings (SSSR count). The Morgan fingerprint density at radius 3 is 1.75 bits per heavy atom. The lowest BCUT2D eigenvalue weighted by atomic mass is 10.0. The van der Waals surface area contributed by atoms with Gasteiger partial charge in [-0.25, -0.2) is 0 Å². The number of aromatic nitrogens is 3. The van der Waals surface area contributed by atoms with Gasteiger partial charge < -0.3 is 4.57 Å². The molecule has 20 heavy (non-hydrogen) atoms. The average molecular weight is 368 g/mol. The third-order valence-corrected chi connectivity index (χ3v) is 2.96. The van der Waals surface area contributed by atoms with E-state index in [2.05, 4.69) is 26.1 Å². The Bertz CT molecular complexity index is 457. The van der Waals surface area contributed by atoms with Crippen molar-refractivity contribution in [3.05, 3.63) is 11.6 Å². The summed E-state index contributed by atoms with van der Waals surface area (Å²) in [6.45, 7) is 4.45. The number of hydrogen-bond acceptors (Lipinski definition) is 2. The quantitative estimate of drug-likeness (QED) is 0.581. The SMILES string of the molecule is CC(C)(C)n1c(CBr)nnc1C(C(F)(F)F)C(F)(F)F. The molecule has 0 atom stereocenters. The molecule has 1 aromatic rings. The van der Waals surface area contributed by atoms with E-state index in [0.717, 1.165) is 4.57 Å². The molecule has 0 unspecified atom stereocenters. The zero-order valence-corrected chi connectivity index (χ0v) is 12.4. The summed E-state index contributed by atoms with van der Waals surface area (Å²) in [5.41, 5.74) is -1.02. The van der Waals surface area contributed by atoms with Crippen molar-refractivity contribution in [3.63, 3.8) is 0 Å². The van der Waals surface area contributed by atoms with Gasteiger partial charge in [0.25, 0.3) is 0 Å². The number of alkyl halides is 7. The number of nitrogens with zero attached hydrogens (tertiary/aromatic N) is 3. The normalized spacial score (nSPS) is 14.2. The molecule has 10 heteroatoms. The molecule has 0 spiro atoms. The van der Waals surface area contributed by atoms with Gasteiger partial charge in [0.15, 0.2) is 5.82 Å². The van der Waals surface area contributed by atoms with Crippen LogP contribution in [0.4, 0.5) is 26.3 Å². The fraction of sp³-hybridized carbons (Fsp3) is 0.800. The summed E-state index contributed by atoms with van der Waals surface area (Å²) >= 11 is 2.98. The first-order valence-electron chi connectivity index (χ1n) is 5.44. The highest BCUT2D eigenvalue weighted by Gasteiger charge is 2.60. The predicted molar refractivity (Wildman–Crippen MR) is 62.5 cm³/mol. The predicted octanol–water partition coefficient (Wildman–Crippen LogP) is 4.14. The van der Waals surface area contributed by atoms with Crippen molar-refractivity contribution in [2.75, 3.05) is 0 Å². The molecule has 0 fully saturated rings. The van der Waals surface area contributed by atoms with E-state index in [1.165, 1.54) is 20.8 Å². The van der Waals surface area contributed by atoms with Crippen LogP contribution >= 0.6 is 15.9 Å². The van der Waals surface area contributed by atoms with Gasteiger partial charge in [-0.1, -0.05) is 15.9 Å². The van der Waals surface area contributed by atoms with Crippen molar-refractivity contribution in [2.45, 2.75) is 49.9 Å². The van der Waals surface area contributed by atoms with Crippen LogP contribution in [0.5, 0.6) is 0 Å². The Morgan fingerprint density at radius 1 is 1.00 bits per heavy atom. The van der Waals surface area contributed by atoms with E-state index >= 15 is 0 Å². The maximum absolute atomic E-state index is 12.8. The van der Waals surface area contributed by atoms with Crippen molar-refractivity contribution in [1.82, 2.24) is 14.8 Å². The van der Waals surface area contributed by atoms with Crippen LogP contribution < -0.4 is 0 Å². The van der Waals surface area contributed by atoms with Gasteiger partial charge in [-0.05, 0) is 20.8 Å². The molecule has 0 saturated carbocycles. The molecule has 3 nitrogen and oxygen atoms in total. The van der Waals surface area contributed by atoms with Crippen molar-refractivity contribution in [2.24, 2.45) is 0 Å². The summed E-state index contributed by atoms with van der Waals surface area (Å²) in [6.07, 6.45) is -11.0. The van der Waals surface area contributed by atoms with Crippen molar-refractivity contribution in [3.8, 4) is 0 Å².